The average molecular weight is 435 g/mol. The summed E-state index contributed by atoms with van der Waals surface area (Å²) < 4.78 is 29.3. The minimum atomic E-state index is -0.752. The van der Waals surface area contributed by atoms with E-state index in [1.165, 1.54) is 15.5 Å². The fourth-order valence-corrected chi connectivity index (χ4v) is 3.98. The van der Waals surface area contributed by atoms with Crippen LogP contribution >= 0.6 is 0 Å². The molecule has 3 rings (SSSR count). The number of nitrogens with two attached hydrogens (primary N) is 1. The number of carbonyl (C=O) groups excluding carboxylic acids is 1. The van der Waals surface area contributed by atoms with Gasteiger partial charge in [0.25, 0.3) is 5.56 Å². The number of likely N-dealkylation sites (N-methyl/N-ethyl adjacent to an activating group) is 1. The first kappa shape index (κ1) is 22.5. The van der Waals surface area contributed by atoms with Gasteiger partial charge in [0, 0.05) is 25.7 Å². The zero-order valence-electron chi connectivity index (χ0n) is 17.7. The molecule has 0 saturated heterocycles. The second-order valence-electron chi connectivity index (χ2n) is 7.56. The van der Waals surface area contributed by atoms with E-state index in [1.54, 1.807) is 11.8 Å². The Balaban J connectivity index is 1.94. The second kappa shape index (κ2) is 9.32. The monoisotopic (exact) mass is 435 g/mol. The summed E-state index contributed by atoms with van der Waals surface area (Å²) in [6.07, 6.45) is 2.65. The molecule has 0 radical (unpaired) electrons. The van der Waals surface area contributed by atoms with Crippen molar-refractivity contribution >= 4 is 23.1 Å². The van der Waals surface area contributed by atoms with E-state index < -0.39 is 28.8 Å². The number of nitrogens with zero attached hydrogens (tertiary/aromatic N) is 3. The van der Waals surface area contributed by atoms with E-state index >= 15 is 0 Å². The minimum absolute atomic E-state index is 0.0790. The molecule has 0 unspecified atom stereocenters. The number of fused-ring (bicyclic) bond motifs is 1. The molecule has 8 nitrogen and oxygen atoms in total. The molecule has 3 N–H and O–H groups in total. The molecule has 1 amide bonds. The molecule has 2 heterocycles. The van der Waals surface area contributed by atoms with Crippen LogP contribution in [0.1, 0.15) is 38.7 Å². The van der Waals surface area contributed by atoms with Crippen molar-refractivity contribution in [1.82, 2.24) is 9.55 Å². The van der Waals surface area contributed by atoms with E-state index in [0.717, 1.165) is 12.5 Å². The lowest BCUT2D eigenvalue weighted by atomic mass is 10.0. The Labute approximate surface area is 178 Å². The summed E-state index contributed by atoms with van der Waals surface area (Å²) in [5.41, 5.74) is 5.35. The maximum atomic E-state index is 14.5. The van der Waals surface area contributed by atoms with Gasteiger partial charge >= 0.3 is 5.69 Å². The van der Waals surface area contributed by atoms with Crippen molar-refractivity contribution in [3.8, 4) is 0 Å². The number of rotatable bonds is 7. The van der Waals surface area contributed by atoms with Crippen LogP contribution in [-0.2, 0) is 17.8 Å². The molecule has 31 heavy (non-hydrogen) atoms. The second-order valence-corrected chi connectivity index (χ2v) is 7.56. The van der Waals surface area contributed by atoms with Gasteiger partial charge < -0.3 is 15.5 Å². The van der Waals surface area contributed by atoms with Gasteiger partial charge in [-0.1, -0.05) is 13.3 Å². The van der Waals surface area contributed by atoms with Crippen LogP contribution in [0.2, 0.25) is 0 Å². The number of hydrogen-bond donors (Lipinski definition) is 2. The van der Waals surface area contributed by atoms with E-state index in [9.17, 15) is 23.2 Å². The number of nitrogens with one attached hydrogen (secondary N) is 1. The molecule has 0 saturated carbocycles. The Hall–Kier alpha value is -3.17. The number of aromatic nitrogens is 2. The number of amides is 1. The predicted octanol–water partition coefficient (Wildman–Crippen LogP) is 2.00. The molecule has 2 aromatic rings. The summed E-state index contributed by atoms with van der Waals surface area (Å²) in [5, 5.41) is 0. The van der Waals surface area contributed by atoms with Crippen LogP contribution in [0.5, 0.6) is 0 Å². The molecular weight excluding hydrogens is 408 g/mol. The normalized spacial score (nSPS) is 13.2. The molecule has 0 aliphatic carbocycles. The molecule has 0 fully saturated rings. The van der Waals surface area contributed by atoms with E-state index in [-0.39, 0.29) is 30.3 Å². The highest BCUT2D eigenvalue weighted by Gasteiger charge is 2.28. The van der Waals surface area contributed by atoms with Gasteiger partial charge in [-0.05, 0) is 37.8 Å². The van der Waals surface area contributed by atoms with E-state index in [1.807, 2.05) is 6.92 Å². The third-order valence-electron chi connectivity index (χ3n) is 5.46. The fourth-order valence-electron chi connectivity index (χ4n) is 3.98. The minimum Gasteiger partial charge on any atom is -0.383 e. The summed E-state index contributed by atoms with van der Waals surface area (Å²) in [5.74, 6) is -1.94. The Morgan fingerprint density at radius 1 is 1.26 bits per heavy atom. The van der Waals surface area contributed by atoms with Gasteiger partial charge in [0.15, 0.2) is 5.69 Å². The van der Waals surface area contributed by atoms with Crippen molar-refractivity contribution in [2.24, 2.45) is 0 Å². The predicted molar refractivity (Wildman–Crippen MR) is 116 cm³/mol. The maximum Gasteiger partial charge on any atom is 0.330 e. The van der Waals surface area contributed by atoms with E-state index in [4.69, 9.17) is 5.73 Å². The lowest BCUT2D eigenvalue weighted by molar-refractivity contribution is -0.117. The van der Waals surface area contributed by atoms with Crippen molar-refractivity contribution in [3.05, 3.63) is 50.2 Å². The topological polar surface area (TPSA) is 104 Å². The third-order valence-corrected chi connectivity index (χ3v) is 5.46. The molecule has 0 bridgehead atoms. The Morgan fingerprint density at radius 3 is 2.68 bits per heavy atom. The number of carbonyl (C=O) groups is 1. The van der Waals surface area contributed by atoms with Crippen LogP contribution in [0, 0.1) is 11.6 Å². The zero-order chi connectivity index (χ0) is 22.7. The fraction of sp³-hybridized carbons (Fsp3) is 0.476. The van der Waals surface area contributed by atoms with Crippen molar-refractivity contribution in [3.63, 3.8) is 0 Å². The van der Waals surface area contributed by atoms with Gasteiger partial charge in [-0.2, -0.15) is 0 Å². The Kier molecular flexibility index (Phi) is 6.77. The van der Waals surface area contributed by atoms with E-state index in [0.29, 0.717) is 37.9 Å². The number of unbranched alkanes of at least 4 members (excludes halogenated alkanes) is 1. The van der Waals surface area contributed by atoms with Gasteiger partial charge in [0.05, 0.1) is 12.2 Å². The molecule has 1 aromatic heterocycles. The van der Waals surface area contributed by atoms with Gasteiger partial charge in [-0.25, -0.2) is 13.6 Å². The number of aryl methyl sites for hydroxylation is 1. The number of nitrogen functional groups attached to an aromatic ring is 1. The first-order valence-corrected chi connectivity index (χ1v) is 10.4. The van der Waals surface area contributed by atoms with Crippen molar-refractivity contribution in [1.29, 1.82) is 0 Å². The SMILES string of the molecule is CCCCn1c(N)c(N(CC)C(=O)CN2CCCc3cc(F)cc(F)c32)c(=O)[nH]c1=O. The smallest absolute Gasteiger partial charge is 0.330 e. The molecule has 168 valence electrons. The van der Waals surface area contributed by atoms with Crippen LogP contribution in [0.25, 0.3) is 0 Å². The standard InChI is InChI=1S/C21H27F2N5O3/c1-3-5-9-28-19(24)18(20(30)25-21(28)31)27(4-2)16(29)12-26-8-6-7-13-10-14(22)11-15(23)17(13)26/h10-11H,3-9,12,24H2,1-2H3,(H,25,30,31). The number of H-pyrrole nitrogens is 1. The summed E-state index contributed by atoms with van der Waals surface area (Å²) in [6, 6.07) is 2.07. The molecule has 10 heteroatoms. The van der Waals surface area contributed by atoms with E-state index in [2.05, 4.69) is 4.98 Å². The zero-order valence-corrected chi connectivity index (χ0v) is 17.7. The van der Waals surface area contributed by atoms with Crippen LogP contribution in [-0.4, -0.2) is 35.1 Å². The van der Waals surface area contributed by atoms with Gasteiger partial charge in [0.2, 0.25) is 5.91 Å². The quantitative estimate of drug-likeness (QED) is 0.692. The van der Waals surface area contributed by atoms with Crippen LogP contribution in [0.4, 0.5) is 26.0 Å². The van der Waals surface area contributed by atoms with Crippen LogP contribution in [0.15, 0.2) is 21.7 Å². The summed E-state index contributed by atoms with van der Waals surface area (Å²) in [6.45, 7) is 4.28. The third kappa shape index (κ3) is 4.47. The molecule has 1 aromatic carbocycles. The van der Waals surface area contributed by atoms with Crippen LogP contribution in [0.3, 0.4) is 0 Å². The maximum absolute atomic E-state index is 14.5. The number of aromatic amines is 1. The van der Waals surface area contributed by atoms with Gasteiger partial charge in [0.1, 0.15) is 17.5 Å². The lowest BCUT2D eigenvalue weighted by Crippen LogP contribution is -2.46. The first-order chi connectivity index (χ1) is 14.8. The number of halogens is 2. The summed E-state index contributed by atoms with van der Waals surface area (Å²) in [7, 11) is 0. The Bertz CT molecular complexity index is 1100. The van der Waals surface area contributed by atoms with Crippen molar-refractivity contribution < 1.29 is 13.6 Å². The van der Waals surface area contributed by atoms with Crippen LogP contribution < -0.4 is 26.8 Å². The molecule has 1 aliphatic rings. The average Bonchev–Trinajstić information content (AvgIpc) is 2.70. The molecule has 0 atom stereocenters. The summed E-state index contributed by atoms with van der Waals surface area (Å²) in [4.78, 5) is 42.8. The number of benzene rings is 1. The highest BCUT2D eigenvalue weighted by atomic mass is 19.1. The Morgan fingerprint density at radius 2 is 2.00 bits per heavy atom. The highest BCUT2D eigenvalue weighted by Crippen LogP contribution is 2.31. The lowest BCUT2D eigenvalue weighted by Gasteiger charge is -2.33. The number of hydrogen-bond acceptors (Lipinski definition) is 5. The van der Waals surface area contributed by atoms with Crippen molar-refractivity contribution in [2.75, 3.05) is 35.2 Å². The largest absolute Gasteiger partial charge is 0.383 e. The van der Waals surface area contributed by atoms with Crippen molar-refractivity contribution in [2.45, 2.75) is 46.1 Å². The highest BCUT2D eigenvalue weighted by molar-refractivity contribution is 5.98. The van der Waals surface area contributed by atoms with Gasteiger partial charge in [-0.3, -0.25) is 19.1 Å². The molecular formula is C21H27F2N5O3. The van der Waals surface area contributed by atoms with Gasteiger partial charge in [-0.15, -0.1) is 0 Å². The first-order valence-electron chi connectivity index (χ1n) is 10.4. The molecule has 1 aliphatic heterocycles. The number of anilines is 3. The molecule has 0 spiro atoms. The summed E-state index contributed by atoms with van der Waals surface area (Å²) >= 11 is 0.